The van der Waals surface area contributed by atoms with Gasteiger partial charge in [-0.05, 0) is 24.6 Å². The molecule has 27 heavy (non-hydrogen) atoms. The molecule has 1 aliphatic rings. The molecule has 144 valence electrons. The maximum absolute atomic E-state index is 13.4. The summed E-state index contributed by atoms with van der Waals surface area (Å²) in [7, 11) is -2.55. The highest BCUT2D eigenvalue weighted by molar-refractivity contribution is 7.89. The third kappa shape index (κ3) is 3.66. The van der Waals surface area contributed by atoms with Crippen molar-refractivity contribution < 1.29 is 18.1 Å². The van der Waals surface area contributed by atoms with Crippen molar-refractivity contribution >= 4 is 15.7 Å². The minimum Gasteiger partial charge on any atom is -0.496 e. The fourth-order valence-electron chi connectivity index (χ4n) is 3.29. The number of hydrogen-bond donors (Lipinski definition) is 1. The van der Waals surface area contributed by atoms with E-state index in [0.717, 1.165) is 0 Å². The van der Waals surface area contributed by atoms with Crippen LogP contribution >= 0.6 is 0 Å². The average Bonchev–Trinajstić information content (AvgIpc) is 2.67. The SMILES string of the molecule is COc1ccccc1C1CNCCN1S(=O)(=O)c1ccc(C)cc1[N+](=O)[O-]. The number of sulfonamides is 1. The van der Waals surface area contributed by atoms with Crippen molar-refractivity contribution in [1.29, 1.82) is 0 Å². The van der Waals surface area contributed by atoms with Crippen molar-refractivity contribution in [3.05, 3.63) is 63.7 Å². The molecule has 1 N–H and O–H groups in total. The monoisotopic (exact) mass is 391 g/mol. The van der Waals surface area contributed by atoms with Gasteiger partial charge in [0.2, 0.25) is 0 Å². The number of para-hydroxylation sites is 1. The van der Waals surface area contributed by atoms with Gasteiger partial charge in [-0.2, -0.15) is 4.31 Å². The van der Waals surface area contributed by atoms with Gasteiger partial charge in [-0.25, -0.2) is 8.42 Å². The number of methoxy groups -OCH3 is 1. The molecule has 1 aliphatic heterocycles. The van der Waals surface area contributed by atoms with Crippen LogP contribution in [0.15, 0.2) is 47.4 Å². The summed E-state index contributed by atoms with van der Waals surface area (Å²) in [5.41, 5.74) is 0.931. The van der Waals surface area contributed by atoms with Gasteiger partial charge in [0.15, 0.2) is 4.90 Å². The second-order valence-electron chi connectivity index (χ2n) is 6.31. The van der Waals surface area contributed by atoms with Crippen LogP contribution in [0.5, 0.6) is 5.75 Å². The van der Waals surface area contributed by atoms with E-state index in [9.17, 15) is 18.5 Å². The molecule has 1 fully saturated rings. The number of benzene rings is 2. The Morgan fingerprint density at radius 3 is 2.70 bits per heavy atom. The highest BCUT2D eigenvalue weighted by Crippen LogP contribution is 2.36. The van der Waals surface area contributed by atoms with E-state index in [1.54, 1.807) is 19.1 Å². The fourth-order valence-corrected chi connectivity index (χ4v) is 5.04. The lowest BCUT2D eigenvalue weighted by molar-refractivity contribution is -0.387. The van der Waals surface area contributed by atoms with Crippen LogP contribution in [-0.2, 0) is 10.0 Å². The number of aryl methyl sites for hydroxylation is 1. The van der Waals surface area contributed by atoms with Gasteiger partial charge in [-0.15, -0.1) is 0 Å². The first kappa shape index (κ1) is 19.3. The molecule has 8 nitrogen and oxygen atoms in total. The van der Waals surface area contributed by atoms with E-state index in [1.165, 1.54) is 23.5 Å². The highest BCUT2D eigenvalue weighted by atomic mass is 32.2. The zero-order valence-electron chi connectivity index (χ0n) is 15.1. The molecule has 0 spiro atoms. The van der Waals surface area contributed by atoms with Crippen LogP contribution in [0.2, 0.25) is 0 Å². The van der Waals surface area contributed by atoms with Crippen LogP contribution in [0, 0.1) is 17.0 Å². The van der Waals surface area contributed by atoms with E-state index in [1.807, 2.05) is 18.2 Å². The van der Waals surface area contributed by atoms with Crippen molar-refractivity contribution in [3.8, 4) is 5.75 Å². The highest BCUT2D eigenvalue weighted by Gasteiger charge is 2.39. The summed E-state index contributed by atoms with van der Waals surface area (Å²) < 4.78 is 33.4. The summed E-state index contributed by atoms with van der Waals surface area (Å²) in [4.78, 5) is 10.5. The first-order chi connectivity index (χ1) is 12.9. The van der Waals surface area contributed by atoms with Crippen LogP contribution in [0.1, 0.15) is 17.2 Å². The average molecular weight is 391 g/mol. The van der Waals surface area contributed by atoms with Gasteiger partial charge in [0, 0.05) is 31.3 Å². The van der Waals surface area contributed by atoms with Gasteiger partial charge in [-0.3, -0.25) is 10.1 Å². The molecule has 2 aromatic carbocycles. The third-order valence-corrected chi connectivity index (χ3v) is 6.55. The summed E-state index contributed by atoms with van der Waals surface area (Å²) in [5, 5.41) is 14.6. The van der Waals surface area contributed by atoms with E-state index < -0.39 is 26.7 Å². The number of hydrogen-bond acceptors (Lipinski definition) is 6. The summed E-state index contributed by atoms with van der Waals surface area (Å²) in [6.07, 6.45) is 0. The lowest BCUT2D eigenvalue weighted by Gasteiger charge is -2.35. The molecule has 1 heterocycles. The van der Waals surface area contributed by atoms with Gasteiger partial charge in [0.25, 0.3) is 15.7 Å². The van der Waals surface area contributed by atoms with Gasteiger partial charge in [-0.1, -0.05) is 24.3 Å². The first-order valence-corrected chi connectivity index (χ1v) is 9.91. The second kappa shape index (κ2) is 7.63. The molecule has 0 aliphatic carbocycles. The van der Waals surface area contributed by atoms with Gasteiger partial charge < -0.3 is 10.1 Å². The Hall–Kier alpha value is -2.49. The second-order valence-corrected chi connectivity index (χ2v) is 8.16. The van der Waals surface area contributed by atoms with Crippen LogP contribution in [0.3, 0.4) is 0 Å². The van der Waals surface area contributed by atoms with Gasteiger partial charge in [0.05, 0.1) is 18.1 Å². The Morgan fingerprint density at radius 1 is 1.26 bits per heavy atom. The summed E-state index contributed by atoms with van der Waals surface area (Å²) in [6.45, 7) is 2.74. The molecular formula is C18H21N3O5S. The Labute approximate surface area is 158 Å². The zero-order valence-corrected chi connectivity index (χ0v) is 15.9. The molecule has 0 bridgehead atoms. The van der Waals surface area contributed by atoms with Crippen molar-refractivity contribution in [2.24, 2.45) is 0 Å². The molecule has 1 unspecified atom stereocenters. The number of nitrogens with zero attached hydrogens (tertiary/aromatic N) is 2. The molecule has 0 radical (unpaired) electrons. The number of rotatable bonds is 5. The van der Waals surface area contributed by atoms with Crippen LogP contribution in [0.4, 0.5) is 5.69 Å². The van der Waals surface area contributed by atoms with Gasteiger partial charge >= 0.3 is 0 Å². The molecular weight excluding hydrogens is 370 g/mol. The van der Waals surface area contributed by atoms with Crippen molar-refractivity contribution in [3.63, 3.8) is 0 Å². The van der Waals surface area contributed by atoms with E-state index in [4.69, 9.17) is 4.74 Å². The van der Waals surface area contributed by atoms with E-state index in [-0.39, 0.29) is 11.4 Å². The molecule has 2 aromatic rings. The molecule has 9 heteroatoms. The lowest BCUT2D eigenvalue weighted by atomic mass is 10.0. The predicted molar refractivity (Wildman–Crippen MR) is 100 cm³/mol. The Kier molecular flexibility index (Phi) is 5.45. The largest absolute Gasteiger partial charge is 0.496 e. The Bertz CT molecular complexity index is 961. The van der Waals surface area contributed by atoms with Crippen molar-refractivity contribution in [2.75, 3.05) is 26.7 Å². The first-order valence-electron chi connectivity index (χ1n) is 8.47. The predicted octanol–water partition coefficient (Wildman–Crippen LogP) is 2.25. The zero-order chi connectivity index (χ0) is 19.6. The van der Waals surface area contributed by atoms with Crippen molar-refractivity contribution in [2.45, 2.75) is 17.9 Å². The molecule has 0 amide bonds. The number of ether oxygens (including phenoxy) is 1. The summed E-state index contributed by atoms with van der Waals surface area (Å²) in [6, 6.07) is 10.8. The number of nitrogens with one attached hydrogen (secondary N) is 1. The normalized spacial score (nSPS) is 18.2. The smallest absolute Gasteiger partial charge is 0.289 e. The third-order valence-electron chi connectivity index (χ3n) is 4.59. The number of nitro groups is 1. The Balaban J connectivity index is 2.11. The Morgan fingerprint density at radius 2 is 2.00 bits per heavy atom. The fraction of sp³-hybridized carbons (Fsp3) is 0.333. The molecule has 0 saturated carbocycles. The molecule has 0 aromatic heterocycles. The number of piperazine rings is 1. The molecule has 3 rings (SSSR count). The topological polar surface area (TPSA) is 102 Å². The van der Waals surface area contributed by atoms with E-state index >= 15 is 0 Å². The maximum Gasteiger partial charge on any atom is 0.289 e. The molecule has 1 atom stereocenters. The maximum atomic E-state index is 13.4. The van der Waals surface area contributed by atoms with Crippen LogP contribution in [0.25, 0.3) is 0 Å². The number of nitro benzene ring substituents is 1. The van der Waals surface area contributed by atoms with Crippen molar-refractivity contribution in [1.82, 2.24) is 9.62 Å². The lowest BCUT2D eigenvalue weighted by Crippen LogP contribution is -2.48. The van der Waals surface area contributed by atoms with E-state index in [0.29, 0.717) is 30.0 Å². The van der Waals surface area contributed by atoms with E-state index in [2.05, 4.69) is 5.32 Å². The standard InChI is InChI=1S/C18H21N3O5S/c1-13-7-8-18(15(11-13)21(22)23)27(24,25)20-10-9-19-12-16(20)14-5-3-4-6-17(14)26-2/h3-8,11,16,19H,9-10,12H2,1-2H3. The van der Waals surface area contributed by atoms with Crippen LogP contribution in [-0.4, -0.2) is 44.4 Å². The quantitative estimate of drug-likeness (QED) is 0.620. The van der Waals surface area contributed by atoms with Crippen LogP contribution < -0.4 is 10.1 Å². The molecule has 1 saturated heterocycles. The minimum atomic E-state index is -4.08. The van der Waals surface area contributed by atoms with Gasteiger partial charge in [0.1, 0.15) is 5.75 Å². The summed E-state index contributed by atoms with van der Waals surface area (Å²) in [5.74, 6) is 0.574. The minimum absolute atomic E-state index is 0.204. The summed E-state index contributed by atoms with van der Waals surface area (Å²) >= 11 is 0.